The molecule has 2 amide bonds. The highest BCUT2D eigenvalue weighted by Crippen LogP contribution is 2.33. The predicted molar refractivity (Wildman–Crippen MR) is 170 cm³/mol. The second-order valence-corrected chi connectivity index (χ2v) is 11.8. The molecule has 43 heavy (non-hydrogen) atoms. The highest BCUT2D eigenvalue weighted by molar-refractivity contribution is 8.19. The Hall–Kier alpha value is -3.34. The van der Waals surface area contributed by atoms with Gasteiger partial charge in [-0.1, -0.05) is 12.2 Å². The molecule has 2 aromatic rings. The van der Waals surface area contributed by atoms with Gasteiger partial charge in [0.25, 0.3) is 5.24 Å². The maximum atomic E-state index is 13.0. The minimum absolute atomic E-state index is 0.159. The fourth-order valence-electron chi connectivity index (χ4n) is 4.05. The van der Waals surface area contributed by atoms with E-state index in [9.17, 15) is 28.6 Å². The molecule has 0 aromatic heterocycles. The highest BCUT2D eigenvalue weighted by atomic mass is 32.2. The van der Waals surface area contributed by atoms with E-state index in [1.165, 1.54) is 37.1 Å². The molecule has 0 saturated carbocycles. The van der Waals surface area contributed by atoms with Gasteiger partial charge in [0, 0.05) is 49.4 Å². The fraction of sp³-hybridized carbons (Fsp3) is 0.286. The summed E-state index contributed by atoms with van der Waals surface area (Å²) in [6.07, 6.45) is 7.96. The Morgan fingerprint density at radius 2 is 1.42 bits per heavy atom. The number of carbonyl (C=O) groups is 2. The molecule has 10 nitrogen and oxygen atoms in total. The van der Waals surface area contributed by atoms with Gasteiger partial charge in [-0.15, -0.1) is 0 Å². The topological polar surface area (TPSA) is 138 Å². The molecule has 2 aromatic carbocycles. The maximum absolute atomic E-state index is 13.0. The van der Waals surface area contributed by atoms with E-state index in [1.807, 2.05) is 5.01 Å². The van der Waals surface area contributed by atoms with Crippen LogP contribution in [-0.4, -0.2) is 62.7 Å². The van der Waals surface area contributed by atoms with Gasteiger partial charge in [-0.2, -0.15) is 4.99 Å². The van der Waals surface area contributed by atoms with Gasteiger partial charge < -0.3 is 15.5 Å². The molecule has 0 atom stereocenters. The molecular weight excluding hydrogens is 619 g/mol. The van der Waals surface area contributed by atoms with Crippen LogP contribution in [0.5, 0.6) is 11.5 Å². The smallest absolute Gasteiger partial charge is 0.311 e. The molecule has 4 heterocycles. The summed E-state index contributed by atoms with van der Waals surface area (Å²) in [6.45, 7) is 3.90. The lowest BCUT2D eigenvalue weighted by Crippen LogP contribution is -2.46. The SMILES string of the molecule is C1CCNNC1.O=C1N=C(N2CCCCN2)/C(=C/c2ccc(F)cc2O)S1.O=C1NC(=S)/C(=C/c2ccc(F)cc2O)S1. The number of amidine groups is 1. The molecular formula is C28H30F2N6O4S3. The van der Waals surface area contributed by atoms with Crippen molar-refractivity contribution in [3.05, 3.63) is 69.0 Å². The third-order valence-electron chi connectivity index (χ3n) is 6.16. The van der Waals surface area contributed by atoms with E-state index in [2.05, 4.69) is 26.6 Å². The van der Waals surface area contributed by atoms with Gasteiger partial charge in [0.2, 0.25) is 0 Å². The van der Waals surface area contributed by atoms with E-state index in [1.54, 1.807) is 12.2 Å². The number of carbonyl (C=O) groups excluding carboxylic acids is 2. The quantitative estimate of drug-likeness (QED) is 0.188. The van der Waals surface area contributed by atoms with Crippen LogP contribution < -0.4 is 21.6 Å². The average molecular weight is 649 g/mol. The molecule has 4 aliphatic rings. The van der Waals surface area contributed by atoms with Crippen LogP contribution >= 0.6 is 35.7 Å². The number of hydrazine groups is 2. The summed E-state index contributed by atoms with van der Waals surface area (Å²) in [5.41, 5.74) is 10.1. The second-order valence-electron chi connectivity index (χ2n) is 9.40. The van der Waals surface area contributed by atoms with Crippen LogP contribution in [0.15, 0.2) is 51.2 Å². The minimum Gasteiger partial charge on any atom is -0.507 e. The summed E-state index contributed by atoms with van der Waals surface area (Å²) in [6, 6.07) is 7.44. The predicted octanol–water partition coefficient (Wildman–Crippen LogP) is 5.27. The zero-order valence-corrected chi connectivity index (χ0v) is 25.3. The van der Waals surface area contributed by atoms with Crippen LogP contribution in [0.1, 0.15) is 36.8 Å². The van der Waals surface area contributed by atoms with E-state index >= 15 is 0 Å². The van der Waals surface area contributed by atoms with Crippen LogP contribution in [0.3, 0.4) is 0 Å². The largest absolute Gasteiger partial charge is 0.507 e. The van der Waals surface area contributed by atoms with Crippen molar-refractivity contribution in [1.29, 1.82) is 0 Å². The lowest BCUT2D eigenvalue weighted by Gasteiger charge is -2.29. The fourth-order valence-corrected chi connectivity index (χ4v) is 5.82. The summed E-state index contributed by atoms with van der Waals surface area (Å²) in [5.74, 6) is -0.802. The lowest BCUT2D eigenvalue weighted by atomic mass is 10.1. The molecule has 0 spiro atoms. The molecule has 0 radical (unpaired) electrons. The molecule has 0 bridgehead atoms. The first-order chi connectivity index (χ1) is 20.7. The van der Waals surface area contributed by atoms with Gasteiger partial charge in [-0.25, -0.2) is 14.2 Å². The van der Waals surface area contributed by atoms with E-state index < -0.39 is 11.6 Å². The Balaban J connectivity index is 0.000000169. The molecule has 4 aliphatic heterocycles. The van der Waals surface area contributed by atoms with Crippen molar-refractivity contribution in [1.82, 2.24) is 26.6 Å². The highest BCUT2D eigenvalue weighted by Gasteiger charge is 2.28. The van der Waals surface area contributed by atoms with Crippen molar-refractivity contribution in [3.63, 3.8) is 0 Å². The van der Waals surface area contributed by atoms with Crippen molar-refractivity contribution in [2.45, 2.75) is 25.7 Å². The average Bonchev–Trinajstić information content (AvgIpc) is 3.53. The van der Waals surface area contributed by atoms with E-state index in [0.29, 0.717) is 31.8 Å². The standard InChI is InChI=1S/C14H14FN3O2S.C10H6FNO2S2.C4H10N2/c15-10-4-3-9(11(19)8-10)7-12-13(17-14(20)21-12)18-6-2-1-5-16-18;11-6-2-1-5(7(13)4-6)3-8-9(15)12-10(14)16-8;1-2-4-6-5-3-1/h3-4,7-8,16,19H,1-2,5-6H2;1-4,13H,(H,12,14,15);5-6H,1-4H2/b12-7-;8-3-;. The number of phenolic OH excluding ortho intramolecular Hbond substituents is 2. The summed E-state index contributed by atoms with van der Waals surface area (Å²) >= 11 is 6.86. The molecule has 0 unspecified atom stereocenters. The Morgan fingerprint density at radius 3 is 1.88 bits per heavy atom. The van der Waals surface area contributed by atoms with Gasteiger partial charge in [0.05, 0.1) is 9.81 Å². The summed E-state index contributed by atoms with van der Waals surface area (Å²) in [7, 11) is 0. The number of nitrogens with one attached hydrogen (secondary N) is 4. The van der Waals surface area contributed by atoms with Crippen LogP contribution in [-0.2, 0) is 0 Å². The number of amides is 2. The number of aromatic hydroxyl groups is 2. The number of benzene rings is 2. The first-order valence-electron chi connectivity index (χ1n) is 13.4. The molecule has 6 N–H and O–H groups in total. The van der Waals surface area contributed by atoms with Gasteiger partial charge in [0.15, 0.2) is 5.84 Å². The number of phenols is 2. The first kappa shape index (κ1) is 32.6. The van der Waals surface area contributed by atoms with E-state index in [4.69, 9.17) is 12.2 Å². The third kappa shape index (κ3) is 9.84. The first-order valence-corrected chi connectivity index (χ1v) is 15.4. The van der Waals surface area contributed by atoms with Crippen molar-refractivity contribution >= 4 is 69.2 Å². The van der Waals surface area contributed by atoms with Crippen LogP contribution in [0, 0.1) is 11.6 Å². The molecule has 228 valence electrons. The van der Waals surface area contributed by atoms with Gasteiger partial charge in [-0.3, -0.25) is 25.4 Å². The maximum Gasteiger partial charge on any atom is 0.311 e. The Morgan fingerprint density at radius 1 is 0.837 bits per heavy atom. The molecule has 15 heteroatoms. The molecule has 6 rings (SSSR count). The minimum atomic E-state index is -0.518. The van der Waals surface area contributed by atoms with E-state index in [0.717, 1.165) is 74.7 Å². The number of thiocarbonyl (C=S) groups is 1. The van der Waals surface area contributed by atoms with Crippen molar-refractivity contribution in [2.75, 3.05) is 26.2 Å². The number of rotatable bonds is 2. The summed E-state index contributed by atoms with van der Waals surface area (Å²) < 4.78 is 25.7. The summed E-state index contributed by atoms with van der Waals surface area (Å²) in [4.78, 5) is 28.1. The van der Waals surface area contributed by atoms with E-state index in [-0.39, 0.29) is 22.0 Å². The van der Waals surface area contributed by atoms with Gasteiger partial charge >= 0.3 is 5.24 Å². The molecule has 3 saturated heterocycles. The third-order valence-corrected chi connectivity index (χ3v) is 8.23. The summed E-state index contributed by atoms with van der Waals surface area (Å²) in [5, 5.41) is 23.0. The normalized spacial score (nSPS) is 20.3. The second kappa shape index (κ2) is 15.9. The van der Waals surface area contributed by atoms with Crippen molar-refractivity contribution in [2.24, 2.45) is 4.99 Å². The number of hydrogen-bond donors (Lipinski definition) is 6. The number of nitrogens with zero attached hydrogens (tertiary/aromatic N) is 2. The van der Waals surface area contributed by atoms with Crippen molar-refractivity contribution in [3.8, 4) is 11.5 Å². The zero-order valence-electron chi connectivity index (χ0n) is 22.9. The number of aliphatic imine (C=N–C) groups is 1. The molecule has 0 aliphatic carbocycles. The monoisotopic (exact) mass is 648 g/mol. The van der Waals surface area contributed by atoms with Crippen LogP contribution in [0.2, 0.25) is 0 Å². The van der Waals surface area contributed by atoms with Gasteiger partial charge in [0.1, 0.15) is 28.1 Å². The number of halogens is 2. The lowest BCUT2D eigenvalue weighted by molar-refractivity contribution is 0.255. The number of hydrogen-bond acceptors (Lipinski definition) is 11. The zero-order chi connectivity index (χ0) is 30.8. The van der Waals surface area contributed by atoms with Crippen LogP contribution in [0.4, 0.5) is 18.4 Å². The van der Waals surface area contributed by atoms with Crippen LogP contribution in [0.25, 0.3) is 12.2 Å². The Bertz CT molecular complexity index is 1450. The van der Waals surface area contributed by atoms with Gasteiger partial charge in [-0.05, 0) is 85.6 Å². The number of thioether (sulfide) groups is 2. The molecule has 3 fully saturated rings. The Labute approximate surface area is 261 Å². The van der Waals surface area contributed by atoms with Crippen molar-refractivity contribution < 1.29 is 28.6 Å². The Kier molecular flexibility index (Phi) is 12.1.